The summed E-state index contributed by atoms with van der Waals surface area (Å²) in [6, 6.07) is 10.3. The van der Waals surface area contributed by atoms with Crippen molar-refractivity contribution >= 4 is 11.0 Å². The summed E-state index contributed by atoms with van der Waals surface area (Å²) in [4.78, 5) is 4.84. The number of nitrogens with one attached hydrogen (secondary N) is 1. The molecule has 23 heavy (non-hydrogen) atoms. The van der Waals surface area contributed by atoms with Gasteiger partial charge in [0, 0.05) is 24.2 Å². The summed E-state index contributed by atoms with van der Waals surface area (Å²) in [5.74, 6) is 1.02. The molecular formula is C18H25N5. The third-order valence-electron chi connectivity index (χ3n) is 4.29. The minimum atomic E-state index is 0.0127. The molecule has 0 saturated heterocycles. The second-order valence-electron chi connectivity index (χ2n) is 6.95. The zero-order chi connectivity index (χ0) is 16.6. The number of aryl methyl sites for hydroxylation is 1. The average molecular weight is 311 g/mol. The molecule has 0 aliphatic rings. The molecule has 0 radical (unpaired) electrons. The van der Waals surface area contributed by atoms with Crippen molar-refractivity contribution in [1.82, 2.24) is 19.7 Å². The highest BCUT2D eigenvalue weighted by atomic mass is 15.1. The van der Waals surface area contributed by atoms with Gasteiger partial charge in [0.05, 0.1) is 22.6 Å². The maximum atomic E-state index is 6.10. The zero-order valence-corrected chi connectivity index (χ0v) is 14.3. The van der Waals surface area contributed by atoms with E-state index in [-0.39, 0.29) is 11.3 Å². The summed E-state index contributed by atoms with van der Waals surface area (Å²) in [7, 11) is 0. The number of aromatic nitrogens is 4. The van der Waals surface area contributed by atoms with Crippen LogP contribution >= 0.6 is 0 Å². The molecule has 0 amide bonds. The van der Waals surface area contributed by atoms with Crippen molar-refractivity contribution in [3.63, 3.8) is 0 Å². The van der Waals surface area contributed by atoms with Crippen LogP contribution in [0.5, 0.6) is 0 Å². The minimum Gasteiger partial charge on any atom is -0.329 e. The maximum absolute atomic E-state index is 6.10. The second-order valence-corrected chi connectivity index (χ2v) is 6.95. The molecule has 0 spiro atoms. The smallest absolute Gasteiger partial charge is 0.120 e. The molecule has 3 rings (SSSR count). The normalized spacial score (nSPS) is 13.6. The van der Waals surface area contributed by atoms with E-state index in [1.807, 2.05) is 18.2 Å². The molecule has 0 aliphatic heterocycles. The molecule has 1 aromatic carbocycles. The van der Waals surface area contributed by atoms with Crippen LogP contribution in [0.15, 0.2) is 30.3 Å². The molecule has 3 aromatic rings. The first-order valence-electron chi connectivity index (χ1n) is 8.16. The molecular weight excluding hydrogens is 286 g/mol. The molecule has 0 fully saturated rings. The van der Waals surface area contributed by atoms with Gasteiger partial charge in [0.15, 0.2) is 0 Å². The summed E-state index contributed by atoms with van der Waals surface area (Å²) >= 11 is 0. The molecule has 5 heteroatoms. The molecule has 122 valence electrons. The van der Waals surface area contributed by atoms with Crippen LogP contribution in [-0.2, 0) is 12.0 Å². The van der Waals surface area contributed by atoms with Crippen LogP contribution in [-0.4, -0.2) is 26.3 Å². The molecule has 2 aromatic heterocycles. The van der Waals surface area contributed by atoms with E-state index in [9.17, 15) is 0 Å². The van der Waals surface area contributed by atoms with E-state index in [1.54, 1.807) is 0 Å². The summed E-state index contributed by atoms with van der Waals surface area (Å²) in [5, 5.41) is 7.65. The monoisotopic (exact) mass is 311 g/mol. The summed E-state index contributed by atoms with van der Waals surface area (Å²) in [6.07, 6.45) is 0. The van der Waals surface area contributed by atoms with E-state index in [4.69, 9.17) is 10.7 Å². The highest BCUT2D eigenvalue weighted by Crippen LogP contribution is 2.28. The van der Waals surface area contributed by atoms with E-state index in [0.717, 1.165) is 34.8 Å². The van der Waals surface area contributed by atoms with E-state index in [1.165, 1.54) is 0 Å². The van der Waals surface area contributed by atoms with Crippen LogP contribution in [0.1, 0.15) is 50.8 Å². The van der Waals surface area contributed by atoms with Gasteiger partial charge in [0.1, 0.15) is 5.82 Å². The first-order chi connectivity index (χ1) is 11.0. The topological polar surface area (TPSA) is 72.5 Å². The average Bonchev–Trinajstić information content (AvgIpc) is 3.12. The van der Waals surface area contributed by atoms with Gasteiger partial charge >= 0.3 is 0 Å². The molecule has 2 heterocycles. The Morgan fingerprint density at radius 1 is 1.26 bits per heavy atom. The number of nitrogens with two attached hydrogens (primary N) is 1. The largest absolute Gasteiger partial charge is 0.329 e. The molecule has 3 N–H and O–H groups in total. The number of hydrogen-bond donors (Lipinski definition) is 2. The minimum absolute atomic E-state index is 0.0127. The Kier molecular flexibility index (Phi) is 3.98. The van der Waals surface area contributed by atoms with Crippen LogP contribution in [0.25, 0.3) is 11.0 Å². The van der Waals surface area contributed by atoms with Gasteiger partial charge in [-0.2, -0.15) is 5.10 Å². The number of rotatable bonds is 4. The standard InChI is InChI=1S/C18H25N5/c1-5-23-15-9-7-6-8-13(15)20-17(23)12(11-19)14-10-16(22-21-14)18(2,3)4/h6-10,12H,5,11,19H2,1-4H3,(H,21,22). The van der Waals surface area contributed by atoms with E-state index in [2.05, 4.69) is 54.6 Å². The molecule has 0 aliphatic carbocycles. The van der Waals surface area contributed by atoms with Crippen LogP contribution in [0.3, 0.4) is 0 Å². The lowest BCUT2D eigenvalue weighted by molar-refractivity contribution is 0.567. The molecule has 0 bridgehead atoms. The fourth-order valence-electron chi connectivity index (χ4n) is 2.96. The van der Waals surface area contributed by atoms with Gasteiger partial charge in [-0.05, 0) is 25.1 Å². The predicted molar refractivity (Wildman–Crippen MR) is 93.6 cm³/mol. The lowest BCUT2D eigenvalue weighted by atomic mass is 9.91. The fourth-order valence-corrected chi connectivity index (χ4v) is 2.96. The second kappa shape index (κ2) is 5.81. The first-order valence-corrected chi connectivity index (χ1v) is 8.16. The highest BCUT2D eigenvalue weighted by Gasteiger charge is 2.25. The molecule has 0 saturated carbocycles. The Labute approximate surface area is 136 Å². The summed E-state index contributed by atoms with van der Waals surface area (Å²) in [6.45, 7) is 9.98. The Morgan fingerprint density at radius 3 is 2.61 bits per heavy atom. The SMILES string of the molecule is CCn1c(C(CN)c2cc(C(C)(C)C)n[nH]2)nc2ccccc21. The number of fused-ring (bicyclic) bond motifs is 1. The molecule has 1 unspecified atom stereocenters. The summed E-state index contributed by atoms with van der Waals surface area (Å²) in [5.41, 5.74) is 10.4. The van der Waals surface area contributed by atoms with Crippen LogP contribution in [0.4, 0.5) is 0 Å². The summed E-state index contributed by atoms with van der Waals surface area (Å²) < 4.78 is 2.24. The highest BCUT2D eigenvalue weighted by molar-refractivity contribution is 5.76. The lowest BCUT2D eigenvalue weighted by Gasteiger charge is -2.15. The number of H-pyrrole nitrogens is 1. The van der Waals surface area contributed by atoms with Crippen molar-refractivity contribution < 1.29 is 0 Å². The number of imidazole rings is 1. The number of hydrogen-bond acceptors (Lipinski definition) is 3. The fraction of sp³-hybridized carbons (Fsp3) is 0.444. The van der Waals surface area contributed by atoms with E-state index >= 15 is 0 Å². The van der Waals surface area contributed by atoms with Crippen LogP contribution < -0.4 is 5.73 Å². The quantitative estimate of drug-likeness (QED) is 0.777. The van der Waals surface area contributed by atoms with Crippen LogP contribution in [0.2, 0.25) is 0 Å². The Balaban J connectivity index is 2.09. The molecule has 1 atom stereocenters. The predicted octanol–water partition coefficient (Wildman–Crippen LogP) is 3.17. The number of benzene rings is 1. The van der Waals surface area contributed by atoms with Gasteiger partial charge in [-0.25, -0.2) is 4.98 Å². The van der Waals surface area contributed by atoms with Crippen molar-refractivity contribution in [3.05, 3.63) is 47.5 Å². The Morgan fingerprint density at radius 2 is 2.00 bits per heavy atom. The number of aromatic amines is 1. The zero-order valence-electron chi connectivity index (χ0n) is 14.3. The van der Waals surface area contributed by atoms with Gasteiger partial charge in [0.25, 0.3) is 0 Å². The van der Waals surface area contributed by atoms with E-state index < -0.39 is 0 Å². The van der Waals surface area contributed by atoms with Gasteiger partial charge in [-0.3, -0.25) is 5.10 Å². The van der Waals surface area contributed by atoms with E-state index in [0.29, 0.717) is 6.54 Å². The number of para-hydroxylation sites is 2. The third kappa shape index (κ3) is 2.77. The molecule has 5 nitrogen and oxygen atoms in total. The van der Waals surface area contributed by atoms with Crippen molar-refractivity contribution in [2.24, 2.45) is 5.73 Å². The lowest BCUT2D eigenvalue weighted by Crippen LogP contribution is -2.19. The van der Waals surface area contributed by atoms with Gasteiger partial charge < -0.3 is 10.3 Å². The van der Waals surface area contributed by atoms with Gasteiger partial charge in [-0.1, -0.05) is 32.9 Å². The Bertz CT molecular complexity index is 806. The van der Waals surface area contributed by atoms with Gasteiger partial charge in [-0.15, -0.1) is 0 Å². The first kappa shape index (κ1) is 15.7. The Hall–Kier alpha value is -2.14. The maximum Gasteiger partial charge on any atom is 0.120 e. The van der Waals surface area contributed by atoms with Crippen molar-refractivity contribution in [2.75, 3.05) is 6.54 Å². The number of nitrogens with zero attached hydrogens (tertiary/aromatic N) is 3. The van der Waals surface area contributed by atoms with Crippen molar-refractivity contribution in [3.8, 4) is 0 Å². The van der Waals surface area contributed by atoms with Crippen molar-refractivity contribution in [2.45, 2.75) is 45.6 Å². The third-order valence-corrected chi connectivity index (χ3v) is 4.29. The van der Waals surface area contributed by atoms with Crippen molar-refractivity contribution in [1.29, 1.82) is 0 Å². The van der Waals surface area contributed by atoms with Gasteiger partial charge in [0.2, 0.25) is 0 Å². The van der Waals surface area contributed by atoms with Crippen LogP contribution in [0, 0.1) is 0 Å².